The highest BCUT2D eigenvalue weighted by Gasteiger charge is 2.12. The smallest absolute Gasteiger partial charge is 0.207 e. The van der Waals surface area contributed by atoms with Crippen molar-refractivity contribution >= 4 is 40.7 Å². The summed E-state index contributed by atoms with van der Waals surface area (Å²) in [5.41, 5.74) is 5.99. The van der Waals surface area contributed by atoms with E-state index < -0.39 is 0 Å². The second-order valence-electron chi connectivity index (χ2n) is 8.71. The van der Waals surface area contributed by atoms with Crippen LogP contribution in [0.4, 0.5) is 11.6 Å². The van der Waals surface area contributed by atoms with Crippen molar-refractivity contribution in [2.24, 2.45) is 5.92 Å². The first-order chi connectivity index (χ1) is 15.9. The number of nitrogens with one attached hydrogen (secondary N) is 4. The Labute approximate surface area is 201 Å². The number of aryl methyl sites for hydroxylation is 1. The van der Waals surface area contributed by atoms with Gasteiger partial charge in [0.05, 0.1) is 21.7 Å². The molecule has 1 heterocycles. The van der Waals surface area contributed by atoms with Gasteiger partial charge in [0.15, 0.2) is 0 Å². The fourth-order valence-corrected chi connectivity index (χ4v) is 4.11. The van der Waals surface area contributed by atoms with E-state index >= 15 is 0 Å². The van der Waals surface area contributed by atoms with E-state index in [0.717, 1.165) is 46.9 Å². The van der Waals surface area contributed by atoms with Gasteiger partial charge in [-0.3, -0.25) is 4.79 Å². The average Bonchev–Trinajstić information content (AvgIpc) is 3.20. The van der Waals surface area contributed by atoms with Gasteiger partial charge in [0, 0.05) is 18.8 Å². The monoisotopic (exact) mass is 467 g/mol. The van der Waals surface area contributed by atoms with Crippen LogP contribution in [0.25, 0.3) is 11.0 Å². The van der Waals surface area contributed by atoms with Gasteiger partial charge in [-0.05, 0) is 68.0 Å². The molecule has 0 spiro atoms. The van der Waals surface area contributed by atoms with E-state index in [1.165, 1.54) is 37.7 Å². The van der Waals surface area contributed by atoms with Gasteiger partial charge in [-0.2, -0.15) is 0 Å². The van der Waals surface area contributed by atoms with Crippen LogP contribution in [-0.4, -0.2) is 22.9 Å². The lowest BCUT2D eigenvalue weighted by atomic mass is 9.89. The van der Waals surface area contributed by atoms with Crippen LogP contribution < -0.4 is 16.0 Å². The van der Waals surface area contributed by atoms with Crippen molar-refractivity contribution in [1.82, 2.24) is 20.6 Å². The summed E-state index contributed by atoms with van der Waals surface area (Å²) in [6.07, 6.45) is 7.50. The summed E-state index contributed by atoms with van der Waals surface area (Å²) in [6, 6.07) is 12.0. The highest BCUT2D eigenvalue weighted by molar-refractivity contribution is 6.33. The minimum absolute atomic E-state index is 0.653. The molecule has 0 aliphatic heterocycles. The van der Waals surface area contributed by atoms with Gasteiger partial charge >= 0.3 is 0 Å². The Morgan fingerprint density at radius 3 is 2.73 bits per heavy atom. The Bertz CT molecular complexity index is 1070. The largest absolute Gasteiger partial charge is 0.385 e. The van der Waals surface area contributed by atoms with Crippen molar-refractivity contribution in [2.75, 3.05) is 11.9 Å². The molecule has 6 nitrogen and oxygen atoms in total. The van der Waals surface area contributed by atoms with Crippen LogP contribution in [-0.2, 0) is 11.3 Å². The van der Waals surface area contributed by atoms with Crippen molar-refractivity contribution in [3.8, 4) is 0 Å². The summed E-state index contributed by atoms with van der Waals surface area (Å²) < 4.78 is 0. The molecule has 0 bridgehead atoms. The van der Waals surface area contributed by atoms with Gasteiger partial charge in [-0.15, -0.1) is 0 Å². The van der Waals surface area contributed by atoms with Crippen LogP contribution in [0, 0.1) is 12.8 Å². The van der Waals surface area contributed by atoms with Crippen molar-refractivity contribution in [2.45, 2.75) is 52.5 Å². The normalized spacial score (nSPS) is 13.7. The van der Waals surface area contributed by atoms with Gasteiger partial charge in [0.1, 0.15) is 0 Å². The molecule has 1 aliphatic rings. The number of imidazole rings is 1. The molecule has 1 aliphatic carbocycles. The van der Waals surface area contributed by atoms with Crippen molar-refractivity contribution in [3.63, 3.8) is 0 Å². The van der Waals surface area contributed by atoms with Gasteiger partial charge in [0.2, 0.25) is 12.4 Å². The number of rotatable bonds is 8. The number of halogens is 1. The first-order valence-electron chi connectivity index (χ1n) is 11.5. The second-order valence-corrected chi connectivity index (χ2v) is 9.12. The van der Waals surface area contributed by atoms with Gasteiger partial charge in [-0.1, -0.05) is 49.6 Å². The number of benzene rings is 2. The van der Waals surface area contributed by atoms with Gasteiger partial charge < -0.3 is 20.9 Å². The minimum atomic E-state index is 0.653. The number of nitrogens with zero attached hydrogens (tertiary/aromatic N) is 1. The highest BCUT2D eigenvalue weighted by atomic mass is 35.5. The van der Waals surface area contributed by atoms with E-state index in [2.05, 4.69) is 45.5 Å². The second kappa shape index (κ2) is 12.3. The average molecular weight is 468 g/mol. The number of carbonyl (C=O) groups is 1. The molecule has 0 radical (unpaired) electrons. The molecule has 4 rings (SSSR count). The predicted molar refractivity (Wildman–Crippen MR) is 138 cm³/mol. The molecule has 3 aromatic rings. The summed E-state index contributed by atoms with van der Waals surface area (Å²) in [5, 5.41) is 9.86. The van der Waals surface area contributed by atoms with Crippen LogP contribution >= 0.6 is 11.6 Å². The third kappa shape index (κ3) is 7.82. The SMILES string of the molecule is C=C(C)NCc1ccc(Cl)c(Nc2nc3ccc(C)cc3[nH]2)c1.O=CNCC1CCCCC1. The number of hydrogen-bond donors (Lipinski definition) is 4. The molecule has 0 saturated heterocycles. The molecule has 1 saturated carbocycles. The maximum Gasteiger partial charge on any atom is 0.207 e. The molecule has 1 amide bonds. The molecule has 0 atom stereocenters. The molecule has 176 valence electrons. The summed E-state index contributed by atoms with van der Waals surface area (Å²) in [6.45, 7) is 9.44. The Kier molecular flexibility index (Phi) is 9.19. The standard InChI is InChI=1S/C18H19ClN4.C8H15NO/c1-11(2)20-10-13-5-6-14(19)16(9-13)22-18-21-15-7-4-12(3)8-17(15)23-18;10-7-9-6-8-4-2-1-3-5-8/h4-9,20H,1,10H2,2-3H3,(H2,21,22,23);7-8H,1-6H2,(H,9,10). The van der Waals surface area contributed by atoms with Gasteiger partial charge in [0.25, 0.3) is 0 Å². The van der Waals surface area contributed by atoms with Crippen molar-refractivity contribution in [3.05, 3.63) is 64.8 Å². The summed E-state index contributed by atoms with van der Waals surface area (Å²) in [7, 11) is 0. The zero-order valence-electron chi connectivity index (χ0n) is 19.5. The Balaban J connectivity index is 0.000000257. The zero-order chi connectivity index (χ0) is 23.6. The van der Waals surface area contributed by atoms with Crippen LogP contribution in [0.1, 0.15) is 50.2 Å². The van der Waals surface area contributed by atoms with Gasteiger partial charge in [-0.25, -0.2) is 4.98 Å². The number of H-pyrrole nitrogens is 1. The first kappa shape index (κ1) is 24.6. The first-order valence-corrected chi connectivity index (χ1v) is 11.9. The number of hydrogen-bond acceptors (Lipinski definition) is 4. The van der Waals surface area contributed by atoms with Crippen LogP contribution in [0.3, 0.4) is 0 Å². The molecule has 0 unspecified atom stereocenters. The number of allylic oxidation sites excluding steroid dienone is 1. The fourth-order valence-electron chi connectivity index (χ4n) is 3.95. The maximum atomic E-state index is 9.94. The quantitative estimate of drug-likeness (QED) is 0.297. The van der Waals surface area contributed by atoms with E-state index in [0.29, 0.717) is 17.5 Å². The van der Waals surface area contributed by atoms with Crippen LogP contribution in [0.15, 0.2) is 48.7 Å². The highest BCUT2D eigenvalue weighted by Crippen LogP contribution is 2.27. The summed E-state index contributed by atoms with van der Waals surface area (Å²) in [4.78, 5) is 17.7. The fraction of sp³-hybridized carbons (Fsp3) is 0.385. The molecular formula is C26H34ClN5O. The molecule has 1 fully saturated rings. The topological polar surface area (TPSA) is 81.8 Å². The lowest BCUT2D eigenvalue weighted by Gasteiger charge is -2.20. The number of amides is 1. The van der Waals surface area contributed by atoms with E-state index in [9.17, 15) is 4.79 Å². The molecule has 33 heavy (non-hydrogen) atoms. The van der Waals surface area contributed by atoms with Crippen molar-refractivity contribution < 1.29 is 4.79 Å². The lowest BCUT2D eigenvalue weighted by Crippen LogP contribution is -2.22. The van der Waals surface area contributed by atoms with E-state index in [1.54, 1.807) is 0 Å². The molecule has 2 aromatic carbocycles. The number of aromatic amines is 1. The molecular weight excluding hydrogens is 434 g/mol. The summed E-state index contributed by atoms with van der Waals surface area (Å²) >= 11 is 6.29. The third-order valence-electron chi connectivity index (χ3n) is 5.73. The van der Waals surface area contributed by atoms with Crippen molar-refractivity contribution in [1.29, 1.82) is 0 Å². The van der Waals surface area contributed by atoms with Crippen LogP contribution in [0.2, 0.25) is 5.02 Å². The molecule has 1 aromatic heterocycles. The Morgan fingerprint density at radius 2 is 2.00 bits per heavy atom. The van der Waals surface area contributed by atoms with E-state index in [4.69, 9.17) is 11.6 Å². The molecule has 7 heteroatoms. The minimum Gasteiger partial charge on any atom is -0.385 e. The number of anilines is 2. The summed E-state index contributed by atoms with van der Waals surface area (Å²) in [5.74, 6) is 1.44. The Hall–Kier alpha value is -2.99. The third-order valence-corrected chi connectivity index (χ3v) is 6.06. The lowest BCUT2D eigenvalue weighted by molar-refractivity contribution is -0.109. The molecule has 4 N–H and O–H groups in total. The Morgan fingerprint density at radius 1 is 1.21 bits per heavy atom. The number of fused-ring (bicyclic) bond motifs is 1. The van der Waals surface area contributed by atoms with E-state index in [1.807, 2.05) is 37.3 Å². The van der Waals surface area contributed by atoms with E-state index in [-0.39, 0.29) is 0 Å². The zero-order valence-corrected chi connectivity index (χ0v) is 20.3. The number of carbonyl (C=O) groups excluding carboxylic acids is 1. The maximum absolute atomic E-state index is 9.94. The number of aromatic nitrogens is 2. The van der Waals surface area contributed by atoms with Crippen LogP contribution in [0.5, 0.6) is 0 Å². The predicted octanol–water partition coefficient (Wildman–Crippen LogP) is 6.20.